The van der Waals surface area contributed by atoms with E-state index in [1.165, 1.54) is 6.20 Å². The smallest absolute Gasteiger partial charge is 0.356 e. The van der Waals surface area contributed by atoms with Crippen molar-refractivity contribution in [2.45, 2.75) is 31.7 Å². The van der Waals surface area contributed by atoms with Gasteiger partial charge in [0.05, 0.1) is 18.4 Å². The quantitative estimate of drug-likeness (QED) is 0.861. The van der Waals surface area contributed by atoms with E-state index in [1.807, 2.05) is 24.3 Å². The van der Waals surface area contributed by atoms with E-state index in [1.54, 1.807) is 11.9 Å². The topological polar surface area (TPSA) is 83.4 Å². The predicted octanol–water partition coefficient (Wildman–Crippen LogP) is 3.83. The van der Waals surface area contributed by atoms with Crippen LogP contribution in [0.3, 0.4) is 0 Å². The number of hydrogen-bond donors (Lipinski definition) is 1. The molecular formula is C19H20ClN3O3. The van der Waals surface area contributed by atoms with E-state index in [0.717, 1.165) is 37.4 Å². The third-order valence-electron chi connectivity index (χ3n) is 4.89. The van der Waals surface area contributed by atoms with E-state index in [4.69, 9.17) is 16.7 Å². The Kier molecular flexibility index (Phi) is 5.52. The first kappa shape index (κ1) is 18.3. The van der Waals surface area contributed by atoms with Gasteiger partial charge >= 0.3 is 5.97 Å². The SMILES string of the molecule is CN(C(=O)c1cnc(C(=O)O)cn1)C(c1ccc(Cl)cc1)C1CCCC1. The number of nitrogens with zero attached hydrogens (tertiary/aromatic N) is 3. The van der Waals surface area contributed by atoms with Crippen molar-refractivity contribution in [2.75, 3.05) is 7.05 Å². The standard InChI is InChI=1S/C19H20ClN3O3/c1-23(18(24)15-10-22-16(11-21-15)19(25)26)17(12-4-2-3-5-12)13-6-8-14(20)9-7-13/h6-12,17H,2-5H2,1H3,(H,25,26). The fraction of sp³-hybridized carbons (Fsp3) is 0.368. The van der Waals surface area contributed by atoms with Crippen LogP contribution in [-0.4, -0.2) is 38.9 Å². The molecule has 1 amide bonds. The van der Waals surface area contributed by atoms with Crippen molar-refractivity contribution in [1.29, 1.82) is 0 Å². The van der Waals surface area contributed by atoms with Gasteiger partial charge in [-0.2, -0.15) is 0 Å². The van der Waals surface area contributed by atoms with Gasteiger partial charge < -0.3 is 10.0 Å². The fourth-order valence-electron chi connectivity index (χ4n) is 3.60. The van der Waals surface area contributed by atoms with Crippen LogP contribution in [0.5, 0.6) is 0 Å². The number of halogens is 1. The summed E-state index contributed by atoms with van der Waals surface area (Å²) >= 11 is 6.01. The van der Waals surface area contributed by atoms with E-state index in [-0.39, 0.29) is 23.3 Å². The number of carbonyl (C=O) groups excluding carboxylic acids is 1. The second kappa shape index (κ2) is 7.83. The van der Waals surface area contributed by atoms with Gasteiger partial charge in [-0.15, -0.1) is 0 Å². The van der Waals surface area contributed by atoms with Gasteiger partial charge in [-0.05, 0) is 36.5 Å². The summed E-state index contributed by atoms with van der Waals surface area (Å²) < 4.78 is 0. The lowest BCUT2D eigenvalue weighted by molar-refractivity contribution is 0.0657. The summed E-state index contributed by atoms with van der Waals surface area (Å²) in [6.07, 6.45) is 6.77. The Bertz CT molecular complexity index is 787. The van der Waals surface area contributed by atoms with Gasteiger partial charge in [0.15, 0.2) is 5.69 Å². The Morgan fingerprint density at radius 2 is 1.69 bits per heavy atom. The highest BCUT2D eigenvalue weighted by Crippen LogP contribution is 2.39. The van der Waals surface area contributed by atoms with Crippen molar-refractivity contribution in [3.8, 4) is 0 Å². The van der Waals surface area contributed by atoms with Gasteiger partial charge in [0.25, 0.3) is 5.91 Å². The largest absolute Gasteiger partial charge is 0.476 e. The maximum atomic E-state index is 12.9. The number of carboxylic acid groups (broad SMARTS) is 1. The van der Waals surface area contributed by atoms with Crippen LogP contribution in [-0.2, 0) is 0 Å². The highest BCUT2D eigenvalue weighted by Gasteiger charge is 2.32. The van der Waals surface area contributed by atoms with Crippen LogP contribution in [0.25, 0.3) is 0 Å². The van der Waals surface area contributed by atoms with Crippen LogP contribution >= 0.6 is 11.6 Å². The van der Waals surface area contributed by atoms with Crippen molar-refractivity contribution >= 4 is 23.5 Å². The minimum atomic E-state index is -1.17. The van der Waals surface area contributed by atoms with Crippen LogP contribution in [0, 0.1) is 5.92 Å². The van der Waals surface area contributed by atoms with Gasteiger partial charge in [-0.25, -0.2) is 14.8 Å². The first-order valence-electron chi connectivity index (χ1n) is 8.55. The minimum absolute atomic E-state index is 0.0804. The summed E-state index contributed by atoms with van der Waals surface area (Å²) in [4.78, 5) is 33.3. The number of amides is 1. The van der Waals surface area contributed by atoms with Crippen molar-refractivity contribution in [3.05, 3.63) is 58.6 Å². The highest BCUT2D eigenvalue weighted by atomic mass is 35.5. The number of aromatic nitrogens is 2. The maximum Gasteiger partial charge on any atom is 0.356 e. The molecule has 1 fully saturated rings. The normalized spacial score (nSPS) is 15.6. The zero-order chi connectivity index (χ0) is 18.7. The number of carboxylic acids is 1. The minimum Gasteiger partial charge on any atom is -0.476 e. The molecule has 1 aromatic carbocycles. The Morgan fingerprint density at radius 1 is 1.12 bits per heavy atom. The highest BCUT2D eigenvalue weighted by molar-refractivity contribution is 6.30. The molecule has 2 aromatic rings. The van der Waals surface area contributed by atoms with Crippen LogP contribution in [0.2, 0.25) is 5.02 Å². The number of rotatable bonds is 5. The summed E-state index contributed by atoms with van der Waals surface area (Å²) in [6.45, 7) is 0. The molecule has 0 saturated heterocycles. The van der Waals surface area contributed by atoms with E-state index in [0.29, 0.717) is 10.9 Å². The van der Waals surface area contributed by atoms with Crippen LogP contribution in [0.15, 0.2) is 36.7 Å². The molecule has 1 aliphatic carbocycles. The Morgan fingerprint density at radius 3 is 2.23 bits per heavy atom. The average Bonchev–Trinajstić information content (AvgIpc) is 3.17. The third-order valence-corrected chi connectivity index (χ3v) is 5.14. The van der Waals surface area contributed by atoms with Crippen molar-refractivity contribution < 1.29 is 14.7 Å². The molecule has 6 nitrogen and oxygen atoms in total. The number of aromatic carboxylic acids is 1. The summed E-state index contributed by atoms with van der Waals surface area (Å²) in [5, 5.41) is 9.57. The van der Waals surface area contributed by atoms with Crippen LogP contribution in [0.1, 0.15) is 58.3 Å². The second-order valence-electron chi connectivity index (χ2n) is 6.55. The van der Waals surface area contributed by atoms with Gasteiger partial charge in [-0.1, -0.05) is 36.6 Å². The summed E-state index contributed by atoms with van der Waals surface area (Å²) in [6, 6.07) is 7.49. The number of carbonyl (C=O) groups is 2. The Labute approximate surface area is 156 Å². The van der Waals surface area contributed by atoms with Gasteiger partial charge in [0.1, 0.15) is 5.69 Å². The van der Waals surface area contributed by atoms with E-state index >= 15 is 0 Å². The molecule has 1 saturated carbocycles. The first-order valence-corrected chi connectivity index (χ1v) is 8.93. The van der Waals surface area contributed by atoms with Crippen molar-refractivity contribution in [3.63, 3.8) is 0 Å². The van der Waals surface area contributed by atoms with Gasteiger partial charge in [-0.3, -0.25) is 4.79 Å². The van der Waals surface area contributed by atoms with Crippen molar-refractivity contribution in [1.82, 2.24) is 14.9 Å². The molecule has 3 rings (SSSR count). The van der Waals surface area contributed by atoms with Gasteiger partial charge in [0, 0.05) is 12.1 Å². The molecule has 1 atom stereocenters. The van der Waals surface area contributed by atoms with E-state index in [2.05, 4.69) is 9.97 Å². The molecule has 0 aliphatic heterocycles. The lowest BCUT2D eigenvalue weighted by Crippen LogP contribution is -2.35. The predicted molar refractivity (Wildman–Crippen MR) is 97.2 cm³/mol. The molecule has 1 aliphatic rings. The fourth-order valence-corrected chi connectivity index (χ4v) is 3.73. The molecule has 1 heterocycles. The lowest BCUT2D eigenvalue weighted by Gasteiger charge is -2.33. The second-order valence-corrected chi connectivity index (χ2v) is 6.99. The Balaban J connectivity index is 1.88. The summed E-state index contributed by atoms with van der Waals surface area (Å²) in [7, 11) is 1.76. The molecule has 0 spiro atoms. The molecule has 0 radical (unpaired) electrons. The molecule has 136 valence electrons. The average molecular weight is 374 g/mol. The molecule has 26 heavy (non-hydrogen) atoms. The molecular weight excluding hydrogens is 354 g/mol. The summed E-state index contributed by atoms with van der Waals surface area (Å²) in [5.74, 6) is -1.08. The van der Waals surface area contributed by atoms with Crippen molar-refractivity contribution in [2.24, 2.45) is 5.92 Å². The third kappa shape index (κ3) is 3.85. The van der Waals surface area contributed by atoms with Crippen LogP contribution < -0.4 is 0 Å². The molecule has 7 heteroatoms. The summed E-state index contributed by atoms with van der Waals surface area (Å²) in [5.41, 5.74) is 0.982. The number of hydrogen-bond acceptors (Lipinski definition) is 4. The zero-order valence-corrected chi connectivity index (χ0v) is 15.2. The van der Waals surface area contributed by atoms with Gasteiger partial charge in [0.2, 0.25) is 0 Å². The van der Waals surface area contributed by atoms with E-state index < -0.39 is 5.97 Å². The molecule has 1 unspecified atom stereocenters. The number of benzene rings is 1. The maximum absolute atomic E-state index is 12.9. The van der Waals surface area contributed by atoms with E-state index in [9.17, 15) is 9.59 Å². The molecule has 1 aromatic heterocycles. The first-order chi connectivity index (χ1) is 12.5. The van der Waals surface area contributed by atoms with Crippen LogP contribution in [0.4, 0.5) is 0 Å². The lowest BCUT2D eigenvalue weighted by atomic mass is 9.90. The monoisotopic (exact) mass is 373 g/mol. The molecule has 0 bridgehead atoms. The Hall–Kier alpha value is -2.47. The molecule has 1 N–H and O–H groups in total. The zero-order valence-electron chi connectivity index (χ0n) is 14.4.